The molecule has 3 rings (SSSR count). The Labute approximate surface area is 221 Å². The molecule has 1 saturated heterocycles. The Hall–Kier alpha value is -2.93. The minimum Gasteiger partial charge on any atom is -0.463 e. The molecule has 1 fully saturated rings. The number of hydrogen-bond acceptors (Lipinski definition) is 9. The predicted octanol–water partition coefficient (Wildman–Crippen LogP) is 2.88. The lowest BCUT2D eigenvalue weighted by Crippen LogP contribution is -2.48. The van der Waals surface area contributed by atoms with Crippen molar-refractivity contribution in [3.8, 4) is 5.75 Å². The van der Waals surface area contributed by atoms with E-state index < -0.39 is 85.7 Å². The van der Waals surface area contributed by atoms with Crippen LogP contribution in [0.5, 0.6) is 5.75 Å². The van der Waals surface area contributed by atoms with Gasteiger partial charge < -0.3 is 19.1 Å². The van der Waals surface area contributed by atoms with Gasteiger partial charge in [-0.1, -0.05) is 25.1 Å². The number of nitrogens with zero attached hydrogens (tertiary/aromatic N) is 1. The number of ether oxygens (including phenoxy) is 2. The molecule has 7 atom stereocenters. The molecule has 1 aromatic carbocycles. The minimum atomic E-state index is -4.28. The van der Waals surface area contributed by atoms with Crippen LogP contribution in [0.2, 0.25) is 0 Å². The molecule has 0 aliphatic carbocycles. The predicted molar refractivity (Wildman–Crippen MR) is 131 cm³/mol. The summed E-state index contributed by atoms with van der Waals surface area (Å²) in [6.07, 6.45) is -8.35. The van der Waals surface area contributed by atoms with Gasteiger partial charge >= 0.3 is 19.3 Å². The zero-order chi connectivity index (χ0) is 29.1. The first-order valence-corrected chi connectivity index (χ1v) is 13.8. The molecular formula is C24H30F3N2O9P. The molecule has 1 unspecified atom stereocenters. The summed E-state index contributed by atoms with van der Waals surface area (Å²) in [6, 6.07) is 7.80. The third-order valence-electron chi connectivity index (χ3n) is 5.91. The van der Waals surface area contributed by atoms with Gasteiger partial charge in [0.1, 0.15) is 24.6 Å². The highest BCUT2D eigenvalue weighted by Gasteiger charge is 2.61. The van der Waals surface area contributed by atoms with E-state index in [4.69, 9.17) is 18.5 Å². The number of hydrogen-bond donors (Lipinski definition) is 2. The van der Waals surface area contributed by atoms with Gasteiger partial charge in [-0.3, -0.25) is 23.7 Å². The highest BCUT2D eigenvalue weighted by Crippen LogP contribution is 2.53. The monoisotopic (exact) mass is 578 g/mol. The fourth-order valence-corrected chi connectivity index (χ4v) is 6.11. The number of aromatic amines is 1. The molecule has 0 spiro atoms. The van der Waals surface area contributed by atoms with Gasteiger partial charge in [0, 0.05) is 0 Å². The molecule has 216 valence electrons. The van der Waals surface area contributed by atoms with Crippen LogP contribution in [0, 0.1) is 11.7 Å². The molecule has 39 heavy (non-hydrogen) atoms. The molecule has 0 bridgehead atoms. The fourth-order valence-electron chi connectivity index (χ4n) is 4.02. The Kier molecular flexibility index (Phi) is 9.47. The van der Waals surface area contributed by atoms with E-state index in [0.717, 1.165) is 0 Å². The summed E-state index contributed by atoms with van der Waals surface area (Å²) in [5.74, 6) is -3.04. The van der Waals surface area contributed by atoms with Crippen molar-refractivity contribution in [2.24, 2.45) is 5.92 Å². The van der Waals surface area contributed by atoms with Gasteiger partial charge in [0.25, 0.3) is 5.56 Å². The summed E-state index contributed by atoms with van der Waals surface area (Å²) >= 11 is 0. The number of nitrogens with one attached hydrogen (secondary N) is 1. The Bertz CT molecular complexity index is 1320. The summed E-state index contributed by atoms with van der Waals surface area (Å²) in [4.78, 5) is 37.6. The quantitative estimate of drug-likeness (QED) is 0.304. The van der Waals surface area contributed by atoms with E-state index in [2.05, 4.69) is 0 Å². The van der Waals surface area contributed by atoms with Crippen molar-refractivity contribution in [3.05, 3.63) is 63.2 Å². The van der Waals surface area contributed by atoms with Crippen LogP contribution in [0.1, 0.15) is 33.9 Å². The zero-order valence-corrected chi connectivity index (χ0v) is 22.5. The Morgan fingerprint density at radius 3 is 2.46 bits per heavy atom. The van der Waals surface area contributed by atoms with Crippen molar-refractivity contribution in [1.82, 2.24) is 9.55 Å². The largest absolute Gasteiger partial charge is 0.463 e. The van der Waals surface area contributed by atoms with E-state index in [1.54, 1.807) is 37.0 Å². The standard InChI is InChI=1S/C24H30F3N2O9P/c1-13(2)35-21(32)14(3)11-39(34,38-16-8-6-5-7-9-16)37-15(4)18-19(30)24(27,12-25)22(36-18)29-10-17(26)20(31)28-23(29)33/h5-10,13-15,18-19,22,30H,11-12H2,1-4H3,(H,28,31,33)/t14-,15-,18-,19+,22-,24?,39-/m1/s1. The number of esters is 1. The van der Waals surface area contributed by atoms with Crippen molar-refractivity contribution in [2.45, 2.75) is 64.0 Å². The first-order valence-electron chi connectivity index (χ1n) is 12.0. The number of alkyl halides is 2. The Morgan fingerprint density at radius 2 is 1.87 bits per heavy atom. The SMILES string of the molecule is CC(C)OC(=O)[C@H](C)C[P@](=O)(Oc1ccccc1)O[C@H](C)[C@H]1O[C@@H](n2cc(F)c(=O)[nH]c2=O)C(F)(CF)[C@H]1O. The van der Waals surface area contributed by atoms with Crippen LogP contribution < -0.4 is 15.8 Å². The molecule has 1 aromatic heterocycles. The third-order valence-corrected chi connectivity index (χ3v) is 8.05. The summed E-state index contributed by atoms with van der Waals surface area (Å²) < 4.78 is 79.4. The first-order chi connectivity index (χ1) is 18.2. The van der Waals surface area contributed by atoms with Crippen molar-refractivity contribution < 1.29 is 46.2 Å². The number of halogens is 3. The second kappa shape index (κ2) is 12.1. The molecular weight excluding hydrogens is 548 g/mol. The maximum atomic E-state index is 15.7. The molecule has 0 radical (unpaired) electrons. The third kappa shape index (κ3) is 6.81. The van der Waals surface area contributed by atoms with Crippen LogP contribution in [0.25, 0.3) is 0 Å². The second-order valence-corrected chi connectivity index (χ2v) is 11.5. The normalized spacial score (nSPS) is 26.1. The van der Waals surface area contributed by atoms with E-state index in [9.17, 15) is 32.8 Å². The number of H-pyrrole nitrogens is 1. The van der Waals surface area contributed by atoms with Crippen molar-refractivity contribution in [2.75, 3.05) is 12.8 Å². The second-order valence-electron chi connectivity index (χ2n) is 9.50. The van der Waals surface area contributed by atoms with E-state index in [1.807, 2.05) is 0 Å². The molecule has 1 aliphatic rings. The number of benzene rings is 1. The highest BCUT2D eigenvalue weighted by atomic mass is 31.2. The molecule has 11 nitrogen and oxygen atoms in total. The Balaban J connectivity index is 1.91. The van der Waals surface area contributed by atoms with Crippen molar-refractivity contribution in [1.29, 1.82) is 0 Å². The van der Waals surface area contributed by atoms with Crippen LogP contribution in [0.3, 0.4) is 0 Å². The smallest absolute Gasteiger partial charge is 0.380 e. The number of aromatic nitrogens is 2. The zero-order valence-electron chi connectivity index (χ0n) is 21.6. The van der Waals surface area contributed by atoms with E-state index in [-0.39, 0.29) is 10.3 Å². The summed E-state index contributed by atoms with van der Waals surface area (Å²) in [5, 5.41) is 10.7. The average Bonchev–Trinajstić information content (AvgIpc) is 3.12. The highest BCUT2D eigenvalue weighted by molar-refractivity contribution is 7.54. The van der Waals surface area contributed by atoms with Gasteiger partial charge in [-0.15, -0.1) is 0 Å². The van der Waals surface area contributed by atoms with Crippen LogP contribution in [0.4, 0.5) is 13.2 Å². The van der Waals surface area contributed by atoms with Gasteiger partial charge in [-0.05, 0) is 32.9 Å². The Morgan fingerprint density at radius 1 is 1.23 bits per heavy atom. The van der Waals surface area contributed by atoms with Crippen LogP contribution in [0.15, 0.2) is 46.1 Å². The summed E-state index contributed by atoms with van der Waals surface area (Å²) in [7, 11) is -4.28. The number of aliphatic hydroxyl groups is 1. The lowest BCUT2D eigenvalue weighted by atomic mass is 9.95. The minimum absolute atomic E-state index is 0.113. The van der Waals surface area contributed by atoms with E-state index in [1.165, 1.54) is 26.0 Å². The van der Waals surface area contributed by atoms with Gasteiger partial charge in [0.2, 0.25) is 11.5 Å². The van der Waals surface area contributed by atoms with Crippen LogP contribution >= 0.6 is 7.60 Å². The van der Waals surface area contributed by atoms with Gasteiger partial charge in [0.05, 0.1) is 30.5 Å². The van der Waals surface area contributed by atoms with Crippen molar-refractivity contribution in [3.63, 3.8) is 0 Å². The number of aliphatic hydroxyl groups excluding tert-OH is 1. The molecule has 2 heterocycles. The lowest BCUT2D eigenvalue weighted by Gasteiger charge is -2.29. The number of rotatable bonds is 11. The first kappa shape index (κ1) is 30.6. The van der Waals surface area contributed by atoms with Gasteiger partial charge in [0.15, 0.2) is 6.23 Å². The lowest BCUT2D eigenvalue weighted by molar-refractivity contribution is -0.151. The fraction of sp³-hybridized carbons (Fsp3) is 0.542. The maximum Gasteiger partial charge on any atom is 0.380 e. The maximum absolute atomic E-state index is 15.7. The molecule has 2 N–H and O–H groups in total. The number of carbonyl (C=O) groups excluding carboxylic acids is 1. The number of carbonyl (C=O) groups is 1. The van der Waals surface area contributed by atoms with Gasteiger partial charge in [-0.25, -0.2) is 18.1 Å². The molecule has 15 heteroatoms. The molecule has 2 aromatic rings. The number of para-hydroxylation sites is 1. The van der Waals surface area contributed by atoms with Crippen LogP contribution in [-0.2, 0) is 23.4 Å². The average molecular weight is 578 g/mol. The topological polar surface area (TPSA) is 146 Å². The summed E-state index contributed by atoms with van der Waals surface area (Å²) in [5.41, 5.74) is -5.99. The van der Waals surface area contributed by atoms with E-state index in [0.29, 0.717) is 6.20 Å². The van der Waals surface area contributed by atoms with E-state index >= 15 is 4.39 Å². The van der Waals surface area contributed by atoms with Crippen molar-refractivity contribution >= 4 is 13.6 Å². The van der Waals surface area contributed by atoms with Crippen LogP contribution in [-0.4, -0.2) is 63.5 Å². The molecule has 1 aliphatic heterocycles. The molecule has 0 saturated carbocycles. The van der Waals surface area contributed by atoms with Gasteiger partial charge in [-0.2, -0.15) is 4.39 Å². The molecule has 0 amide bonds. The summed E-state index contributed by atoms with van der Waals surface area (Å²) in [6.45, 7) is 4.05.